The molecular formula is C39H24N10Na4O16S5. The molecule has 2 aromatic heterocycles. The van der Waals surface area contributed by atoms with Crippen LogP contribution in [0.4, 0.5) is 46.3 Å². The molecule has 2 aliphatic rings. The second-order valence-electron chi connectivity index (χ2n) is 14.5. The van der Waals surface area contributed by atoms with E-state index >= 15 is 0 Å². The summed E-state index contributed by atoms with van der Waals surface area (Å²) in [6.07, 6.45) is 0. The van der Waals surface area contributed by atoms with E-state index in [-0.39, 0.29) is 212 Å². The van der Waals surface area contributed by atoms with Crippen molar-refractivity contribution in [3.8, 4) is 11.1 Å². The van der Waals surface area contributed by atoms with Gasteiger partial charge < -0.3 is 45.9 Å². The zero-order valence-electron chi connectivity index (χ0n) is 38.5. The maximum absolute atomic E-state index is 14.7. The maximum atomic E-state index is 14.7. The smallest absolute Gasteiger partial charge is 0.744 e. The molecule has 35 heteroatoms. The van der Waals surface area contributed by atoms with Crippen molar-refractivity contribution >= 4 is 123 Å². The van der Waals surface area contributed by atoms with Gasteiger partial charge >= 0.3 is 118 Å². The third-order valence-corrected chi connectivity index (χ3v) is 14.8. The molecule has 0 bridgehead atoms. The van der Waals surface area contributed by atoms with Gasteiger partial charge in [-0.25, -0.2) is 30.2 Å². The molecule has 26 nitrogen and oxygen atoms in total. The van der Waals surface area contributed by atoms with Crippen molar-refractivity contribution in [2.45, 2.75) is 24.5 Å². The fraction of sp³-hybridized carbons (Fsp3) is 0.0256. The first-order valence-corrected chi connectivity index (χ1v) is 24.9. The number of fused-ring (bicyclic) bond motifs is 3. The van der Waals surface area contributed by atoms with Crippen molar-refractivity contribution in [1.29, 1.82) is 0 Å². The Balaban J connectivity index is 0.00000253. The summed E-state index contributed by atoms with van der Waals surface area (Å²) in [5.74, 6) is -2.50. The van der Waals surface area contributed by atoms with Gasteiger partial charge in [0, 0.05) is 23.6 Å². The number of pyridine rings is 1. The largest absolute Gasteiger partial charge is 1.00 e. The average molecular weight is 1140 g/mol. The fourth-order valence-electron chi connectivity index (χ4n) is 7.56. The fourth-order valence-corrected chi connectivity index (χ4v) is 10.8. The Bertz CT molecular complexity index is 3850. The Labute approximate surface area is 514 Å². The Hall–Kier alpha value is -3.11. The zero-order valence-corrected chi connectivity index (χ0v) is 50.6. The predicted octanol–water partition coefficient (Wildman–Crippen LogP) is -9.60. The third kappa shape index (κ3) is 12.4. The Morgan fingerprint density at radius 1 is 0.676 bits per heavy atom. The van der Waals surface area contributed by atoms with Crippen LogP contribution in [0.3, 0.4) is 0 Å². The summed E-state index contributed by atoms with van der Waals surface area (Å²) >= 11 is 0.448. The summed E-state index contributed by atoms with van der Waals surface area (Å²) in [6.45, 7) is 0. The number of ketones is 1. The van der Waals surface area contributed by atoms with Crippen LogP contribution in [0.5, 0.6) is 0 Å². The molecule has 0 atom stereocenters. The first kappa shape index (κ1) is 61.7. The molecule has 74 heavy (non-hydrogen) atoms. The molecule has 0 spiro atoms. The monoisotopic (exact) mass is 1140 g/mol. The molecule has 7 aromatic rings. The Morgan fingerprint density at radius 2 is 1.28 bits per heavy atom. The van der Waals surface area contributed by atoms with E-state index in [0.717, 1.165) is 30.3 Å². The molecule has 0 fully saturated rings. The number of aryl methyl sites for hydroxylation is 1. The predicted molar refractivity (Wildman–Crippen MR) is 240 cm³/mol. The summed E-state index contributed by atoms with van der Waals surface area (Å²) in [5.41, 5.74) is 4.75. The van der Waals surface area contributed by atoms with Crippen molar-refractivity contribution in [3.63, 3.8) is 0 Å². The van der Waals surface area contributed by atoms with Gasteiger partial charge in [-0.2, -0.15) is 23.6 Å². The molecule has 0 saturated heterocycles. The third-order valence-electron chi connectivity index (χ3n) is 10.4. The summed E-state index contributed by atoms with van der Waals surface area (Å²) in [7, 11) is -13.3. The molecule has 360 valence electrons. The van der Waals surface area contributed by atoms with Crippen LogP contribution in [-0.2, 0) is 56.1 Å². The summed E-state index contributed by atoms with van der Waals surface area (Å²) in [5, 5.41) is 36.8. The van der Waals surface area contributed by atoms with Crippen molar-refractivity contribution in [3.05, 3.63) is 118 Å². The van der Waals surface area contributed by atoms with Gasteiger partial charge in [0.1, 0.15) is 25.1 Å². The number of anilines is 7. The van der Waals surface area contributed by atoms with E-state index < -0.39 is 74.9 Å². The van der Waals surface area contributed by atoms with Crippen LogP contribution in [-0.4, -0.2) is 65.5 Å². The van der Waals surface area contributed by atoms with Gasteiger partial charge in [0.25, 0.3) is 15.6 Å². The van der Waals surface area contributed by atoms with E-state index in [4.69, 9.17) is 5.73 Å². The molecule has 5 aromatic carbocycles. The van der Waals surface area contributed by atoms with Gasteiger partial charge in [-0.15, -0.1) is 0 Å². The van der Waals surface area contributed by atoms with E-state index in [0.29, 0.717) is 12.0 Å². The van der Waals surface area contributed by atoms with Crippen molar-refractivity contribution < 1.29 is 187 Å². The number of sulfonamides is 1. The number of carbonyl (C=O) groups is 1. The number of nitrogens with two attached hydrogens (primary N) is 1. The Kier molecular flexibility index (Phi) is 20.6. The number of benzene rings is 5. The van der Waals surface area contributed by atoms with Crippen molar-refractivity contribution in [2.75, 3.05) is 21.7 Å². The maximum Gasteiger partial charge on any atom is 1.00 e. The van der Waals surface area contributed by atoms with Crippen LogP contribution in [0.15, 0.2) is 125 Å². The van der Waals surface area contributed by atoms with Crippen LogP contribution in [0, 0.1) is 0 Å². The van der Waals surface area contributed by atoms with Crippen molar-refractivity contribution in [1.82, 2.24) is 24.2 Å². The number of aromatic nitrogens is 4. The number of amidine groups is 1. The minimum absolute atomic E-state index is 0. The van der Waals surface area contributed by atoms with E-state index in [2.05, 4.69) is 59.4 Å². The van der Waals surface area contributed by atoms with E-state index in [1.165, 1.54) is 48.0 Å². The first-order chi connectivity index (χ1) is 33.3. The van der Waals surface area contributed by atoms with Gasteiger partial charge in [0.05, 0.1) is 88.7 Å². The van der Waals surface area contributed by atoms with Gasteiger partial charge in [0.15, 0.2) is 11.6 Å². The van der Waals surface area contributed by atoms with Crippen molar-refractivity contribution in [2.24, 2.45) is 12.0 Å². The zero-order chi connectivity index (χ0) is 49.9. The molecule has 3 heterocycles. The van der Waals surface area contributed by atoms with E-state index in [9.17, 15) is 54.5 Å². The van der Waals surface area contributed by atoms with Gasteiger partial charge in [-0.1, -0.05) is 36.4 Å². The van der Waals surface area contributed by atoms with Crippen LogP contribution in [0.2, 0.25) is 0 Å². The quantitative estimate of drug-likeness (QED) is 0.0209. The standard InChI is InChI=1S/C39H28N10O16S5.4Na/c1-49-25-12-11-21(31-32(25)30(18-6-2-3-7-19(18)34(31)50)33(36(49)51)35-42-20-8-4-5-9-28(20)68(54,55)48-35)41-23-15-24(29(70(59,60)61)16-27(23)67-65-63-53)44-39-46-37(40)45-38(47-39)43-22-14-17(69(56,57)58)10-13-26(22)66-64-62-52;;;;/h2-16,41,52-53H,1H3,(H,42,48)(H,56,57,58)(H,59,60,61)(H4,40,43,44,45,46,47);;;;/q;4*+1/p-4. The number of nitrogens with one attached hydrogen (secondary N) is 4. The molecular weight excluding hydrogens is 1120 g/mol. The average Bonchev–Trinajstić information content (AvgIpc) is 3.30. The number of hydrogen-bond acceptors (Lipinski definition) is 26. The molecule has 0 amide bonds. The molecule has 0 saturated carbocycles. The second-order valence-corrected chi connectivity index (χ2v) is 20.3. The molecule has 1 aliphatic heterocycles. The number of nitrogen functional groups attached to an aromatic ring is 1. The minimum atomic E-state index is -5.46. The van der Waals surface area contributed by atoms with Gasteiger partial charge in [0.2, 0.25) is 17.8 Å². The molecule has 6 N–H and O–H groups in total. The SMILES string of the molecule is Cn1c(=O)c(C2=Nc3ccccc3S(=O)(=O)N2)c2c3c(c(Nc4cc(Nc5nc(N)nc(Nc6cc(S(=O)(=O)[O-])ccc6SOO[O-])n5)c(S(=O)(=O)[O-])cc4SOO[O-])ccc31)C(=O)c1ccccc1-2.[Na+].[Na+].[Na+].[Na+]. The normalized spacial score (nSPS) is 13.0. The van der Waals surface area contributed by atoms with E-state index in [1.807, 2.05) is 0 Å². The number of rotatable bonds is 15. The molecule has 0 unspecified atom stereocenters. The van der Waals surface area contributed by atoms with E-state index in [1.54, 1.807) is 24.3 Å². The summed E-state index contributed by atoms with van der Waals surface area (Å²) in [4.78, 5) is 43.4. The number of nitrogens with zero attached hydrogens (tertiary/aromatic N) is 5. The van der Waals surface area contributed by atoms with Crippen LogP contribution in [0.25, 0.3) is 22.0 Å². The van der Waals surface area contributed by atoms with Crippen LogP contribution < -0.4 is 161 Å². The molecule has 9 rings (SSSR count). The summed E-state index contributed by atoms with van der Waals surface area (Å²) < 4.78 is 114. The number of hydrogen-bond donors (Lipinski definition) is 5. The summed E-state index contributed by atoms with van der Waals surface area (Å²) in [6, 6.07) is 19.7. The first-order valence-electron chi connectivity index (χ1n) is 19.1. The van der Waals surface area contributed by atoms with Crippen LogP contribution >= 0.6 is 24.1 Å². The van der Waals surface area contributed by atoms with Crippen LogP contribution in [0.1, 0.15) is 21.5 Å². The molecule has 1 aliphatic carbocycles. The topological polar surface area (TPSA) is 396 Å². The van der Waals surface area contributed by atoms with Gasteiger partial charge in [-0.05, 0) is 60.2 Å². The number of aliphatic imine (C=N–C) groups is 1. The Morgan fingerprint density at radius 3 is 1.93 bits per heavy atom. The second kappa shape index (κ2) is 24.7. The number of carbonyl (C=O) groups excluding carboxylic acids is 1. The number of para-hydroxylation sites is 1. The van der Waals surface area contributed by atoms with Gasteiger partial charge in [-0.3, -0.25) is 24.4 Å². The minimum Gasteiger partial charge on any atom is -0.744 e. The molecule has 0 radical (unpaired) electrons.